The third-order valence-electron chi connectivity index (χ3n) is 5.11. The van der Waals surface area contributed by atoms with Crippen molar-refractivity contribution in [2.24, 2.45) is 0 Å². The molecule has 0 saturated carbocycles. The molecule has 0 N–H and O–H groups in total. The van der Waals surface area contributed by atoms with Crippen molar-refractivity contribution in [2.75, 3.05) is 11.5 Å². The molecule has 0 fully saturated rings. The monoisotopic (exact) mass is 403 g/mol. The second-order valence-corrected chi connectivity index (χ2v) is 6.90. The van der Waals surface area contributed by atoms with Crippen LogP contribution >= 0.6 is 0 Å². The van der Waals surface area contributed by atoms with E-state index in [2.05, 4.69) is 4.98 Å². The Balaban J connectivity index is 1.78. The number of aromatic nitrogens is 2. The van der Waals surface area contributed by atoms with Crippen molar-refractivity contribution >= 4 is 45.6 Å². The lowest BCUT2D eigenvalue weighted by Gasteiger charge is -2.15. The summed E-state index contributed by atoms with van der Waals surface area (Å²) in [7, 11) is 0. The summed E-state index contributed by atoms with van der Waals surface area (Å²) < 4.78 is 12.0. The fourth-order valence-electron chi connectivity index (χ4n) is 3.81. The van der Waals surface area contributed by atoms with Gasteiger partial charge in [0.05, 0.1) is 18.7 Å². The number of hydrogen-bond donors (Lipinski definition) is 0. The average molecular weight is 403 g/mol. The van der Waals surface area contributed by atoms with Crippen LogP contribution in [0.1, 0.15) is 19.4 Å². The molecule has 1 amide bonds. The second-order valence-electron chi connectivity index (χ2n) is 6.90. The summed E-state index contributed by atoms with van der Waals surface area (Å²) in [6, 6.07) is 15.0. The maximum Gasteiger partial charge on any atom is 0.308 e. The van der Waals surface area contributed by atoms with Crippen molar-refractivity contribution in [1.82, 2.24) is 9.55 Å². The Morgan fingerprint density at radius 1 is 1.10 bits per heavy atom. The van der Waals surface area contributed by atoms with Gasteiger partial charge in [0, 0.05) is 5.39 Å². The lowest BCUT2D eigenvalue weighted by molar-refractivity contribution is -0.145. The molecule has 5 rings (SSSR count). The van der Waals surface area contributed by atoms with Crippen LogP contribution in [-0.2, 0) is 14.3 Å². The highest BCUT2D eigenvalue weighted by molar-refractivity contribution is 6.08. The summed E-state index contributed by atoms with van der Waals surface area (Å²) in [5.41, 5.74) is 1.01. The number of hydrogen-bond acceptors (Lipinski definition) is 6. The fourth-order valence-corrected chi connectivity index (χ4v) is 3.81. The largest absolute Gasteiger partial charge is 0.466 e. The molecule has 1 atom stereocenters. The van der Waals surface area contributed by atoms with Crippen LogP contribution in [0.3, 0.4) is 0 Å². The van der Waals surface area contributed by atoms with Gasteiger partial charge in [0.2, 0.25) is 11.5 Å². The van der Waals surface area contributed by atoms with Crippen LogP contribution in [0.4, 0.5) is 11.6 Å². The fraction of sp³-hybridized carbons (Fsp3) is 0.182. The number of ether oxygens (including phenoxy) is 1. The quantitative estimate of drug-likeness (QED) is 0.485. The van der Waals surface area contributed by atoms with E-state index in [0.29, 0.717) is 22.2 Å². The van der Waals surface area contributed by atoms with Gasteiger partial charge < -0.3 is 9.15 Å². The van der Waals surface area contributed by atoms with Crippen LogP contribution < -0.4 is 10.5 Å². The smallest absolute Gasteiger partial charge is 0.308 e. The Morgan fingerprint density at radius 2 is 1.83 bits per heavy atom. The van der Waals surface area contributed by atoms with Gasteiger partial charge in [-0.05, 0) is 31.2 Å². The number of rotatable bonds is 4. The van der Waals surface area contributed by atoms with Crippen LogP contribution in [0.5, 0.6) is 0 Å². The van der Waals surface area contributed by atoms with Crippen molar-refractivity contribution in [1.29, 1.82) is 0 Å². The molecule has 2 aromatic carbocycles. The van der Waals surface area contributed by atoms with Crippen molar-refractivity contribution in [3.63, 3.8) is 0 Å². The molecular weight excluding hydrogens is 386 g/mol. The van der Waals surface area contributed by atoms with Gasteiger partial charge in [0.1, 0.15) is 17.1 Å². The number of nitrogens with zero attached hydrogens (tertiary/aromatic N) is 3. The lowest BCUT2D eigenvalue weighted by atomic mass is 10.2. The van der Waals surface area contributed by atoms with Crippen LogP contribution in [0.2, 0.25) is 0 Å². The highest BCUT2D eigenvalue weighted by atomic mass is 16.5. The average Bonchev–Trinajstić information content (AvgIpc) is 3.25. The summed E-state index contributed by atoms with van der Waals surface area (Å²) in [5.74, 6) is -0.825. The highest BCUT2D eigenvalue weighted by Crippen LogP contribution is 2.37. The minimum atomic E-state index is -1.06. The third kappa shape index (κ3) is 2.61. The van der Waals surface area contributed by atoms with E-state index in [9.17, 15) is 14.4 Å². The predicted octanol–water partition coefficient (Wildman–Crippen LogP) is 3.32. The van der Waals surface area contributed by atoms with E-state index in [-0.39, 0.29) is 24.6 Å². The number of furan rings is 1. The molecule has 1 aliphatic rings. The van der Waals surface area contributed by atoms with Crippen LogP contribution in [0, 0.1) is 0 Å². The van der Waals surface area contributed by atoms with E-state index in [1.807, 2.05) is 18.2 Å². The molecule has 1 unspecified atom stereocenters. The first-order valence-electron chi connectivity index (χ1n) is 9.58. The van der Waals surface area contributed by atoms with Gasteiger partial charge in [0.15, 0.2) is 0 Å². The maximum atomic E-state index is 13.4. The van der Waals surface area contributed by atoms with Crippen molar-refractivity contribution in [3.8, 4) is 0 Å². The summed E-state index contributed by atoms with van der Waals surface area (Å²) >= 11 is 0. The number of para-hydroxylation sites is 2. The third-order valence-corrected chi connectivity index (χ3v) is 5.11. The normalized spacial score (nSPS) is 15.7. The van der Waals surface area contributed by atoms with Crippen LogP contribution in [0.25, 0.3) is 22.1 Å². The summed E-state index contributed by atoms with van der Waals surface area (Å²) in [6.45, 7) is 1.87. The molecule has 8 nitrogen and oxygen atoms in total. The molecule has 0 spiro atoms. The predicted molar refractivity (Wildman–Crippen MR) is 110 cm³/mol. The van der Waals surface area contributed by atoms with Gasteiger partial charge in [0.25, 0.3) is 11.5 Å². The number of anilines is 2. The molecule has 0 saturated heterocycles. The molecule has 8 heteroatoms. The molecule has 0 radical (unpaired) electrons. The molecule has 1 aliphatic heterocycles. The van der Waals surface area contributed by atoms with Gasteiger partial charge in [-0.1, -0.05) is 30.3 Å². The van der Waals surface area contributed by atoms with Gasteiger partial charge in [-0.2, -0.15) is 0 Å². The number of carbonyl (C=O) groups excluding carboxylic acids is 2. The van der Waals surface area contributed by atoms with E-state index in [4.69, 9.17) is 9.15 Å². The Bertz CT molecular complexity index is 1360. The number of esters is 1. The van der Waals surface area contributed by atoms with Gasteiger partial charge >= 0.3 is 5.97 Å². The molecule has 0 aliphatic carbocycles. The molecular formula is C22H17N3O5. The Kier molecular flexibility index (Phi) is 4.13. The maximum absolute atomic E-state index is 13.4. The van der Waals surface area contributed by atoms with Crippen molar-refractivity contribution in [3.05, 3.63) is 65.0 Å². The summed E-state index contributed by atoms with van der Waals surface area (Å²) in [4.78, 5) is 44.8. The van der Waals surface area contributed by atoms with Gasteiger partial charge in [-0.25, -0.2) is 9.88 Å². The van der Waals surface area contributed by atoms with E-state index in [1.165, 1.54) is 9.47 Å². The van der Waals surface area contributed by atoms with E-state index in [1.54, 1.807) is 43.3 Å². The van der Waals surface area contributed by atoms with Crippen molar-refractivity contribution in [2.45, 2.75) is 19.4 Å². The van der Waals surface area contributed by atoms with Gasteiger partial charge in [-0.3, -0.25) is 19.0 Å². The topological polar surface area (TPSA) is 94.6 Å². The summed E-state index contributed by atoms with van der Waals surface area (Å²) in [6.07, 6.45) is -0.268. The molecule has 4 aromatic rings. The Hall–Kier alpha value is -3.94. The molecule has 30 heavy (non-hydrogen) atoms. The number of carbonyl (C=O) groups is 2. The van der Waals surface area contributed by atoms with E-state index in [0.717, 1.165) is 0 Å². The zero-order chi connectivity index (χ0) is 20.8. The van der Waals surface area contributed by atoms with E-state index < -0.39 is 23.5 Å². The minimum Gasteiger partial charge on any atom is -0.466 e. The van der Waals surface area contributed by atoms with E-state index >= 15 is 0 Å². The number of benzene rings is 2. The Morgan fingerprint density at radius 3 is 2.60 bits per heavy atom. The molecule has 150 valence electrons. The second kappa shape index (κ2) is 6.84. The lowest BCUT2D eigenvalue weighted by Crippen LogP contribution is -2.28. The summed E-state index contributed by atoms with van der Waals surface area (Å²) in [5, 5.41) is 0.683. The van der Waals surface area contributed by atoms with Crippen molar-refractivity contribution < 1.29 is 18.7 Å². The zero-order valence-electron chi connectivity index (χ0n) is 16.1. The minimum absolute atomic E-state index is 0.0523. The molecule has 0 bridgehead atoms. The first-order valence-corrected chi connectivity index (χ1v) is 9.58. The molecule has 2 aromatic heterocycles. The standard InChI is InChI=1S/C22H17N3O5/c1-2-29-17(26)12-15-20(27)24(13-8-4-3-5-9-13)22-23-18-14-10-6-7-11-16(14)30-19(18)21(28)25(15)22/h3-11,15H,2,12H2,1H3. The first-order chi connectivity index (χ1) is 14.6. The molecule has 3 heterocycles. The SMILES string of the molecule is CCOC(=O)CC1C(=O)N(c2ccccc2)c2nc3c(oc4ccccc43)c(=O)n21. The van der Waals surface area contributed by atoms with Gasteiger partial charge in [-0.15, -0.1) is 0 Å². The highest BCUT2D eigenvalue weighted by Gasteiger charge is 2.42. The first kappa shape index (κ1) is 18.1. The Labute approximate surface area is 170 Å². The zero-order valence-corrected chi connectivity index (χ0v) is 16.1. The van der Waals surface area contributed by atoms with Crippen LogP contribution in [-0.4, -0.2) is 28.0 Å². The number of amides is 1. The van der Waals surface area contributed by atoms with Crippen LogP contribution in [0.15, 0.2) is 63.8 Å². The number of fused-ring (bicyclic) bond motifs is 4.